The van der Waals surface area contributed by atoms with Crippen molar-refractivity contribution in [2.45, 2.75) is 33.6 Å². The number of aromatic hydroxyl groups is 2. The molecule has 0 aliphatic rings. The van der Waals surface area contributed by atoms with Gasteiger partial charge in [-0.05, 0) is 30.5 Å². The molecule has 0 aliphatic carbocycles. The lowest BCUT2D eigenvalue weighted by Crippen LogP contribution is -1.94. The first kappa shape index (κ1) is 11.8. The first-order valence-electron chi connectivity index (χ1n) is 5.88. The van der Waals surface area contributed by atoms with Crippen LogP contribution in [0.1, 0.15) is 36.5 Å². The molecule has 2 aromatic carbocycles. The van der Waals surface area contributed by atoms with Crippen LogP contribution in [0.15, 0.2) is 18.2 Å². The maximum Gasteiger partial charge on any atom is 0.161 e. The van der Waals surface area contributed by atoms with Crippen LogP contribution in [0.25, 0.3) is 10.8 Å². The van der Waals surface area contributed by atoms with Gasteiger partial charge in [-0.25, -0.2) is 0 Å². The minimum atomic E-state index is 0.00468. The highest BCUT2D eigenvalue weighted by Crippen LogP contribution is 2.43. The second kappa shape index (κ2) is 3.95. The Morgan fingerprint density at radius 1 is 0.941 bits per heavy atom. The number of phenols is 2. The summed E-state index contributed by atoms with van der Waals surface area (Å²) in [6.45, 7) is 7.90. The van der Waals surface area contributed by atoms with E-state index in [-0.39, 0.29) is 17.4 Å². The zero-order valence-electron chi connectivity index (χ0n) is 10.7. The largest absolute Gasteiger partial charge is 0.504 e. The lowest BCUT2D eigenvalue weighted by molar-refractivity contribution is 0.396. The molecule has 17 heavy (non-hydrogen) atoms. The minimum absolute atomic E-state index is 0.00468. The summed E-state index contributed by atoms with van der Waals surface area (Å²) in [6, 6.07) is 6.10. The molecule has 0 bridgehead atoms. The zero-order chi connectivity index (χ0) is 12.7. The van der Waals surface area contributed by atoms with E-state index in [1.807, 2.05) is 39.8 Å². The van der Waals surface area contributed by atoms with Crippen LogP contribution in [0, 0.1) is 13.8 Å². The predicted octanol–water partition coefficient (Wildman–Crippen LogP) is 3.99. The molecule has 0 amide bonds. The van der Waals surface area contributed by atoms with Crippen molar-refractivity contribution in [3.63, 3.8) is 0 Å². The monoisotopic (exact) mass is 230 g/mol. The molecule has 0 heterocycles. The molecule has 0 aromatic heterocycles. The minimum Gasteiger partial charge on any atom is -0.504 e. The highest BCUT2D eigenvalue weighted by Gasteiger charge is 2.18. The molecule has 90 valence electrons. The molecule has 0 spiro atoms. The molecular weight excluding hydrogens is 212 g/mol. The van der Waals surface area contributed by atoms with Crippen molar-refractivity contribution >= 4 is 10.8 Å². The fourth-order valence-corrected chi connectivity index (χ4v) is 2.35. The summed E-state index contributed by atoms with van der Waals surface area (Å²) in [7, 11) is 0. The fraction of sp³-hybridized carbons (Fsp3) is 0.333. The molecule has 0 radical (unpaired) electrons. The van der Waals surface area contributed by atoms with E-state index in [1.165, 1.54) is 0 Å². The van der Waals surface area contributed by atoms with Gasteiger partial charge in [-0.1, -0.05) is 37.6 Å². The second-order valence-corrected chi connectivity index (χ2v) is 4.94. The van der Waals surface area contributed by atoms with Crippen molar-refractivity contribution < 1.29 is 10.2 Å². The molecule has 0 aliphatic heterocycles. The van der Waals surface area contributed by atoms with Gasteiger partial charge in [0.15, 0.2) is 11.5 Å². The first-order valence-corrected chi connectivity index (χ1v) is 5.88. The Hall–Kier alpha value is -1.70. The normalized spacial score (nSPS) is 11.4. The van der Waals surface area contributed by atoms with E-state index >= 15 is 0 Å². The van der Waals surface area contributed by atoms with E-state index in [0.29, 0.717) is 0 Å². The van der Waals surface area contributed by atoms with E-state index in [0.717, 1.165) is 27.5 Å². The van der Waals surface area contributed by atoms with Crippen LogP contribution in [0.5, 0.6) is 11.5 Å². The van der Waals surface area contributed by atoms with Gasteiger partial charge in [0.1, 0.15) is 0 Å². The topological polar surface area (TPSA) is 40.5 Å². The third kappa shape index (κ3) is 1.74. The van der Waals surface area contributed by atoms with Gasteiger partial charge in [0.05, 0.1) is 0 Å². The van der Waals surface area contributed by atoms with Crippen LogP contribution in [0.2, 0.25) is 0 Å². The zero-order valence-corrected chi connectivity index (χ0v) is 10.7. The second-order valence-electron chi connectivity index (χ2n) is 4.94. The van der Waals surface area contributed by atoms with E-state index in [4.69, 9.17) is 0 Å². The number of hydrogen-bond acceptors (Lipinski definition) is 2. The van der Waals surface area contributed by atoms with Crippen molar-refractivity contribution in [3.05, 3.63) is 34.9 Å². The average Bonchev–Trinajstić information content (AvgIpc) is 2.25. The van der Waals surface area contributed by atoms with Crippen molar-refractivity contribution in [1.29, 1.82) is 0 Å². The molecule has 2 N–H and O–H groups in total. The van der Waals surface area contributed by atoms with Crippen molar-refractivity contribution in [2.75, 3.05) is 0 Å². The molecule has 0 saturated carbocycles. The van der Waals surface area contributed by atoms with Gasteiger partial charge in [-0.2, -0.15) is 0 Å². The Balaban J connectivity index is 2.99. The van der Waals surface area contributed by atoms with Crippen molar-refractivity contribution in [2.24, 2.45) is 0 Å². The van der Waals surface area contributed by atoms with Gasteiger partial charge in [0.25, 0.3) is 0 Å². The summed E-state index contributed by atoms with van der Waals surface area (Å²) in [6.07, 6.45) is 0. The summed E-state index contributed by atoms with van der Waals surface area (Å²) < 4.78 is 0. The Morgan fingerprint density at radius 2 is 1.59 bits per heavy atom. The van der Waals surface area contributed by atoms with Gasteiger partial charge in [-0.15, -0.1) is 0 Å². The number of hydrogen-bond donors (Lipinski definition) is 2. The van der Waals surface area contributed by atoms with Crippen molar-refractivity contribution in [1.82, 2.24) is 0 Å². The summed E-state index contributed by atoms with van der Waals surface area (Å²) in [5, 5.41) is 22.1. The van der Waals surface area contributed by atoms with Gasteiger partial charge in [-0.3, -0.25) is 0 Å². The van der Waals surface area contributed by atoms with Crippen LogP contribution in [-0.2, 0) is 0 Å². The van der Waals surface area contributed by atoms with Crippen LogP contribution in [0.4, 0.5) is 0 Å². The molecule has 2 heteroatoms. The lowest BCUT2D eigenvalue weighted by Gasteiger charge is -2.16. The number of phenolic OH excluding ortho intramolecular Hbond substituents is 2. The maximum atomic E-state index is 10.1. The quantitative estimate of drug-likeness (QED) is 0.727. The fourth-order valence-electron chi connectivity index (χ4n) is 2.35. The SMILES string of the molecule is Cc1ccc2c(C)c(O)c(O)c(C(C)C)c2c1. The van der Waals surface area contributed by atoms with Crippen LogP contribution < -0.4 is 0 Å². The first-order chi connectivity index (χ1) is 7.93. The highest BCUT2D eigenvalue weighted by atomic mass is 16.3. The average molecular weight is 230 g/mol. The van der Waals surface area contributed by atoms with Gasteiger partial charge >= 0.3 is 0 Å². The van der Waals surface area contributed by atoms with Gasteiger partial charge in [0.2, 0.25) is 0 Å². The van der Waals surface area contributed by atoms with E-state index in [9.17, 15) is 10.2 Å². The molecule has 0 saturated heterocycles. The van der Waals surface area contributed by atoms with E-state index in [2.05, 4.69) is 6.07 Å². The Bertz CT molecular complexity index is 583. The number of benzene rings is 2. The Morgan fingerprint density at radius 3 is 2.18 bits per heavy atom. The Labute approximate surface area is 102 Å². The standard InChI is InChI=1S/C15H18O2/c1-8(2)13-12-7-9(3)5-6-11(12)10(4)14(16)15(13)17/h5-8,16-17H,1-4H3. The van der Waals surface area contributed by atoms with Gasteiger partial charge < -0.3 is 10.2 Å². The summed E-state index contributed by atoms with van der Waals surface area (Å²) in [4.78, 5) is 0. The van der Waals surface area contributed by atoms with Crippen LogP contribution >= 0.6 is 0 Å². The third-order valence-electron chi connectivity index (χ3n) is 3.28. The van der Waals surface area contributed by atoms with Gasteiger partial charge in [0, 0.05) is 11.1 Å². The van der Waals surface area contributed by atoms with Crippen LogP contribution in [0.3, 0.4) is 0 Å². The van der Waals surface area contributed by atoms with E-state index < -0.39 is 0 Å². The molecule has 2 aromatic rings. The van der Waals surface area contributed by atoms with E-state index in [1.54, 1.807) is 0 Å². The Kier molecular flexibility index (Phi) is 2.74. The molecular formula is C15H18O2. The van der Waals surface area contributed by atoms with Crippen LogP contribution in [-0.4, -0.2) is 10.2 Å². The smallest absolute Gasteiger partial charge is 0.161 e. The molecule has 0 atom stereocenters. The molecule has 2 nitrogen and oxygen atoms in total. The maximum absolute atomic E-state index is 10.1. The number of fused-ring (bicyclic) bond motifs is 1. The highest BCUT2D eigenvalue weighted by molar-refractivity contribution is 5.94. The lowest BCUT2D eigenvalue weighted by atomic mass is 9.91. The molecule has 2 rings (SSSR count). The third-order valence-corrected chi connectivity index (χ3v) is 3.28. The van der Waals surface area contributed by atoms with Crippen molar-refractivity contribution in [3.8, 4) is 11.5 Å². The predicted molar refractivity (Wildman–Crippen MR) is 70.8 cm³/mol. The molecule has 0 fully saturated rings. The summed E-state index contributed by atoms with van der Waals surface area (Å²) in [5.41, 5.74) is 2.72. The molecule has 0 unspecified atom stereocenters. The number of rotatable bonds is 1. The summed E-state index contributed by atoms with van der Waals surface area (Å²) in [5.74, 6) is 0.200. The summed E-state index contributed by atoms with van der Waals surface area (Å²) >= 11 is 0. The number of aryl methyl sites for hydroxylation is 2.